The maximum Gasteiger partial charge on any atom is 0.247 e. The molecule has 2 atom stereocenters. The Balaban J connectivity index is 0.00000192. The number of benzene rings is 1. The summed E-state index contributed by atoms with van der Waals surface area (Å²) in [7, 11) is 0. The lowest BCUT2D eigenvalue weighted by Crippen LogP contribution is -2.53. The number of amides is 1. The van der Waals surface area contributed by atoms with Crippen molar-refractivity contribution in [3.05, 3.63) is 48.5 Å². The van der Waals surface area contributed by atoms with Crippen molar-refractivity contribution in [2.75, 3.05) is 13.1 Å². The van der Waals surface area contributed by atoms with Gasteiger partial charge in [-0.25, -0.2) is 9.67 Å². The molecular formula is C16H22ClN5O. The Kier molecular flexibility index (Phi) is 5.38. The molecule has 0 saturated carbocycles. The normalized spacial score (nSPS) is 20.4. The van der Waals surface area contributed by atoms with Gasteiger partial charge in [0, 0.05) is 13.1 Å². The molecule has 0 radical (unpaired) electrons. The van der Waals surface area contributed by atoms with E-state index >= 15 is 0 Å². The van der Waals surface area contributed by atoms with E-state index in [1.807, 2.05) is 39.9 Å². The van der Waals surface area contributed by atoms with Gasteiger partial charge in [-0.15, -0.1) is 12.4 Å². The van der Waals surface area contributed by atoms with Crippen LogP contribution in [0.1, 0.15) is 31.4 Å². The average molecular weight is 336 g/mol. The average Bonchev–Trinajstić information content (AvgIpc) is 3.09. The monoisotopic (exact) mass is 335 g/mol. The van der Waals surface area contributed by atoms with Crippen LogP contribution in [0, 0.1) is 0 Å². The molecule has 0 bridgehead atoms. The molecule has 1 saturated heterocycles. The van der Waals surface area contributed by atoms with Gasteiger partial charge in [0.1, 0.15) is 18.2 Å². The van der Waals surface area contributed by atoms with Gasteiger partial charge in [-0.05, 0) is 25.3 Å². The second-order valence-electron chi connectivity index (χ2n) is 5.99. The van der Waals surface area contributed by atoms with E-state index in [0.29, 0.717) is 6.54 Å². The molecule has 0 aliphatic carbocycles. The van der Waals surface area contributed by atoms with Crippen LogP contribution >= 0.6 is 12.4 Å². The first-order valence-electron chi connectivity index (χ1n) is 7.57. The van der Waals surface area contributed by atoms with E-state index in [1.165, 1.54) is 6.33 Å². The quantitative estimate of drug-likeness (QED) is 0.926. The largest absolute Gasteiger partial charge is 0.339 e. The highest BCUT2D eigenvalue weighted by molar-refractivity contribution is 5.87. The molecule has 2 N–H and O–H groups in total. The predicted molar refractivity (Wildman–Crippen MR) is 90.1 cm³/mol. The smallest absolute Gasteiger partial charge is 0.247 e. The lowest BCUT2D eigenvalue weighted by atomic mass is 9.90. The number of nitrogens with two attached hydrogens (primary N) is 1. The molecule has 1 aliphatic rings. The fourth-order valence-electron chi connectivity index (χ4n) is 3.00. The van der Waals surface area contributed by atoms with Crippen molar-refractivity contribution in [1.29, 1.82) is 0 Å². The number of rotatable bonds is 3. The summed E-state index contributed by atoms with van der Waals surface area (Å²) in [6, 6.07) is 9.70. The van der Waals surface area contributed by atoms with Gasteiger partial charge >= 0.3 is 0 Å². The second kappa shape index (κ2) is 7.10. The minimum absolute atomic E-state index is 0. The highest BCUT2D eigenvalue weighted by Gasteiger charge is 2.36. The summed E-state index contributed by atoms with van der Waals surface area (Å²) in [6.45, 7) is 3.15. The Labute approximate surface area is 142 Å². The highest BCUT2D eigenvalue weighted by atomic mass is 35.5. The molecule has 0 spiro atoms. The molecule has 6 nitrogen and oxygen atoms in total. The van der Waals surface area contributed by atoms with Gasteiger partial charge in [-0.2, -0.15) is 5.10 Å². The second-order valence-corrected chi connectivity index (χ2v) is 5.99. The zero-order valence-corrected chi connectivity index (χ0v) is 13.9. The first kappa shape index (κ1) is 17.4. The van der Waals surface area contributed by atoms with E-state index in [4.69, 9.17) is 5.73 Å². The minimum atomic E-state index is -1.01. The summed E-state index contributed by atoms with van der Waals surface area (Å²) in [5.41, 5.74) is 6.18. The number of carbonyl (C=O) groups excluding carboxylic acids is 1. The summed E-state index contributed by atoms with van der Waals surface area (Å²) in [5.74, 6) is -0.0384. The standard InChI is InChI=1S/C16H21N5O.ClH/c1-16(17,13-6-3-2-4-7-13)15(22)20-9-5-8-14(10-20)21-12-18-11-19-21;/h2-4,6-7,11-12,14H,5,8-10,17H2,1H3;1H. The molecule has 124 valence electrons. The minimum Gasteiger partial charge on any atom is -0.339 e. The molecule has 3 rings (SSSR count). The number of likely N-dealkylation sites (tertiary alicyclic amines) is 1. The maximum atomic E-state index is 12.9. The third kappa shape index (κ3) is 3.54. The van der Waals surface area contributed by atoms with E-state index in [9.17, 15) is 4.79 Å². The van der Waals surface area contributed by atoms with Crippen molar-refractivity contribution in [2.45, 2.75) is 31.3 Å². The van der Waals surface area contributed by atoms with Gasteiger partial charge < -0.3 is 10.6 Å². The Morgan fingerprint density at radius 1 is 1.35 bits per heavy atom. The summed E-state index contributed by atoms with van der Waals surface area (Å²) in [4.78, 5) is 18.7. The lowest BCUT2D eigenvalue weighted by molar-refractivity contribution is -0.138. The van der Waals surface area contributed by atoms with Crippen molar-refractivity contribution in [3.8, 4) is 0 Å². The van der Waals surface area contributed by atoms with E-state index in [-0.39, 0.29) is 24.4 Å². The fourth-order valence-corrected chi connectivity index (χ4v) is 3.00. The summed E-state index contributed by atoms with van der Waals surface area (Å²) in [5, 5.41) is 4.19. The van der Waals surface area contributed by atoms with Crippen LogP contribution in [0.25, 0.3) is 0 Å². The highest BCUT2D eigenvalue weighted by Crippen LogP contribution is 2.26. The van der Waals surface area contributed by atoms with Crippen molar-refractivity contribution in [1.82, 2.24) is 19.7 Å². The van der Waals surface area contributed by atoms with Gasteiger partial charge in [0.05, 0.1) is 6.04 Å². The molecule has 2 aromatic rings. The van der Waals surface area contributed by atoms with E-state index in [1.54, 1.807) is 13.3 Å². The predicted octanol–water partition coefficient (Wildman–Crippen LogP) is 1.74. The maximum absolute atomic E-state index is 12.9. The van der Waals surface area contributed by atoms with Crippen molar-refractivity contribution < 1.29 is 4.79 Å². The molecule has 1 aromatic heterocycles. The molecule has 1 aliphatic heterocycles. The number of piperidine rings is 1. The van der Waals surface area contributed by atoms with Gasteiger partial charge in [0.15, 0.2) is 0 Å². The van der Waals surface area contributed by atoms with Crippen LogP contribution in [0.4, 0.5) is 0 Å². The van der Waals surface area contributed by atoms with Crippen molar-refractivity contribution in [2.24, 2.45) is 5.73 Å². The van der Waals surface area contributed by atoms with E-state index in [2.05, 4.69) is 10.1 Å². The molecule has 7 heteroatoms. The Bertz CT molecular complexity index is 629. The van der Waals surface area contributed by atoms with Crippen LogP contribution in [0.5, 0.6) is 0 Å². The van der Waals surface area contributed by atoms with Gasteiger partial charge in [0.25, 0.3) is 0 Å². The van der Waals surface area contributed by atoms with E-state index in [0.717, 1.165) is 24.9 Å². The number of aromatic nitrogens is 3. The topological polar surface area (TPSA) is 77.0 Å². The lowest BCUT2D eigenvalue weighted by Gasteiger charge is -2.37. The van der Waals surface area contributed by atoms with Crippen molar-refractivity contribution >= 4 is 18.3 Å². The number of carbonyl (C=O) groups is 1. The first-order valence-corrected chi connectivity index (χ1v) is 7.57. The summed E-state index contributed by atoms with van der Waals surface area (Å²) < 4.78 is 1.83. The Morgan fingerprint density at radius 2 is 2.09 bits per heavy atom. The number of hydrogen-bond donors (Lipinski definition) is 1. The third-order valence-electron chi connectivity index (χ3n) is 4.31. The van der Waals surface area contributed by atoms with Gasteiger partial charge in [-0.3, -0.25) is 4.79 Å². The van der Waals surface area contributed by atoms with E-state index < -0.39 is 5.54 Å². The molecule has 1 amide bonds. The van der Waals surface area contributed by atoms with Gasteiger partial charge in [0.2, 0.25) is 5.91 Å². The molecule has 2 heterocycles. The third-order valence-corrected chi connectivity index (χ3v) is 4.31. The Morgan fingerprint density at radius 3 is 2.74 bits per heavy atom. The van der Waals surface area contributed by atoms with Crippen LogP contribution < -0.4 is 5.73 Å². The fraction of sp³-hybridized carbons (Fsp3) is 0.438. The molecule has 1 aromatic carbocycles. The van der Waals surface area contributed by atoms with Crippen molar-refractivity contribution in [3.63, 3.8) is 0 Å². The molecule has 1 fully saturated rings. The molecule has 2 unspecified atom stereocenters. The van der Waals surface area contributed by atoms with Crippen LogP contribution in [0.3, 0.4) is 0 Å². The van der Waals surface area contributed by atoms with Crippen LogP contribution in [0.15, 0.2) is 43.0 Å². The Hall–Kier alpha value is -1.92. The summed E-state index contributed by atoms with van der Waals surface area (Å²) >= 11 is 0. The molecular weight excluding hydrogens is 314 g/mol. The zero-order valence-electron chi connectivity index (χ0n) is 13.1. The van der Waals surface area contributed by atoms with Crippen LogP contribution in [-0.4, -0.2) is 38.7 Å². The summed E-state index contributed by atoms with van der Waals surface area (Å²) in [6.07, 6.45) is 5.18. The zero-order chi connectivity index (χ0) is 15.6. The number of halogens is 1. The first-order chi connectivity index (χ1) is 10.6. The molecule has 23 heavy (non-hydrogen) atoms. The van der Waals surface area contributed by atoms with Crippen LogP contribution in [0.2, 0.25) is 0 Å². The number of hydrogen-bond acceptors (Lipinski definition) is 4. The van der Waals surface area contributed by atoms with Crippen LogP contribution in [-0.2, 0) is 10.3 Å². The number of nitrogens with zero attached hydrogens (tertiary/aromatic N) is 4. The van der Waals surface area contributed by atoms with Gasteiger partial charge in [-0.1, -0.05) is 30.3 Å². The SMILES string of the molecule is CC(N)(C(=O)N1CCCC(n2cncn2)C1)c1ccccc1.Cl.